The highest BCUT2D eigenvalue weighted by atomic mass is 16.6. The molecule has 1 amide bonds. The van der Waals surface area contributed by atoms with Gasteiger partial charge in [-0.25, -0.2) is 4.79 Å². The van der Waals surface area contributed by atoms with Gasteiger partial charge >= 0.3 is 5.97 Å². The minimum atomic E-state index is -0.985. The third-order valence-corrected chi connectivity index (χ3v) is 5.62. The Bertz CT molecular complexity index is 1460. The van der Waals surface area contributed by atoms with Gasteiger partial charge in [-0.1, -0.05) is 36.4 Å². The molecule has 0 bridgehead atoms. The summed E-state index contributed by atoms with van der Waals surface area (Å²) in [5, 5.41) is 19.5. The molecule has 3 aromatic carbocycles. The average Bonchev–Trinajstić information content (AvgIpc) is 3.35. The number of methoxy groups -OCH3 is 2. The molecule has 0 unspecified atom stereocenters. The van der Waals surface area contributed by atoms with E-state index in [1.807, 2.05) is 0 Å². The molecule has 9 nitrogen and oxygen atoms in total. The fourth-order valence-electron chi connectivity index (χ4n) is 4.08. The molecule has 34 heavy (non-hydrogen) atoms. The lowest BCUT2D eigenvalue weighted by Crippen LogP contribution is -2.09. The van der Waals surface area contributed by atoms with E-state index in [0.29, 0.717) is 27.8 Å². The van der Waals surface area contributed by atoms with Crippen LogP contribution >= 0.6 is 0 Å². The van der Waals surface area contributed by atoms with Crippen LogP contribution in [0.1, 0.15) is 32.5 Å². The predicted molar refractivity (Wildman–Crippen MR) is 122 cm³/mol. The number of amides is 1. The van der Waals surface area contributed by atoms with E-state index in [2.05, 4.69) is 10.2 Å². The van der Waals surface area contributed by atoms with Crippen molar-refractivity contribution in [1.82, 2.24) is 4.57 Å². The summed E-state index contributed by atoms with van der Waals surface area (Å²) in [6.07, 6.45) is -0.985. The number of esters is 1. The van der Waals surface area contributed by atoms with Crippen molar-refractivity contribution in [2.24, 2.45) is 10.2 Å². The number of ether oxygens (including phenoxy) is 3. The third kappa shape index (κ3) is 3.25. The molecule has 1 aliphatic heterocycles. The number of fused-ring (bicyclic) bond motifs is 2. The Labute approximate surface area is 193 Å². The smallest absolute Gasteiger partial charge is 0.344 e. The second-order valence-electron chi connectivity index (χ2n) is 7.45. The van der Waals surface area contributed by atoms with Crippen molar-refractivity contribution in [3.05, 3.63) is 83.4 Å². The second-order valence-corrected chi connectivity index (χ2v) is 7.45. The largest absolute Gasteiger partial charge is 0.493 e. The zero-order valence-corrected chi connectivity index (χ0v) is 18.3. The summed E-state index contributed by atoms with van der Waals surface area (Å²) >= 11 is 0. The number of benzene rings is 3. The van der Waals surface area contributed by atoms with Crippen LogP contribution < -0.4 is 9.47 Å². The molecule has 0 aliphatic carbocycles. The highest BCUT2D eigenvalue weighted by Gasteiger charge is 2.39. The molecule has 1 N–H and O–H groups in total. The van der Waals surface area contributed by atoms with Crippen molar-refractivity contribution >= 4 is 28.5 Å². The van der Waals surface area contributed by atoms with Gasteiger partial charge in [-0.15, -0.1) is 10.2 Å². The van der Waals surface area contributed by atoms with Crippen LogP contribution in [0.2, 0.25) is 0 Å². The van der Waals surface area contributed by atoms with Crippen molar-refractivity contribution in [3.8, 4) is 17.4 Å². The van der Waals surface area contributed by atoms with Gasteiger partial charge in [0.1, 0.15) is 5.56 Å². The molecular weight excluding hydrogens is 438 g/mol. The van der Waals surface area contributed by atoms with Crippen LogP contribution in [0.3, 0.4) is 0 Å². The Balaban J connectivity index is 1.64. The van der Waals surface area contributed by atoms with Gasteiger partial charge in [0.25, 0.3) is 5.91 Å². The Kier molecular flexibility index (Phi) is 5.21. The number of carbonyl (C=O) groups is 2. The van der Waals surface area contributed by atoms with Crippen molar-refractivity contribution in [1.29, 1.82) is 0 Å². The zero-order valence-electron chi connectivity index (χ0n) is 18.3. The summed E-state index contributed by atoms with van der Waals surface area (Å²) in [5.74, 6) is -0.834. The maximum atomic E-state index is 12.8. The molecular formula is C25H19N3O6. The Morgan fingerprint density at radius 3 is 2.47 bits per heavy atom. The van der Waals surface area contributed by atoms with Crippen LogP contribution in [-0.4, -0.2) is 35.8 Å². The van der Waals surface area contributed by atoms with E-state index in [-0.39, 0.29) is 22.9 Å². The zero-order chi connectivity index (χ0) is 23.8. The van der Waals surface area contributed by atoms with Crippen molar-refractivity contribution in [2.75, 3.05) is 14.2 Å². The first kappa shape index (κ1) is 21.2. The van der Waals surface area contributed by atoms with Crippen LogP contribution in [-0.2, 0) is 4.74 Å². The lowest BCUT2D eigenvalue weighted by atomic mass is 10.1. The van der Waals surface area contributed by atoms with Gasteiger partial charge in [0.15, 0.2) is 17.2 Å². The van der Waals surface area contributed by atoms with E-state index in [4.69, 9.17) is 14.2 Å². The number of hydrogen-bond donors (Lipinski definition) is 1. The first-order chi connectivity index (χ1) is 16.5. The van der Waals surface area contributed by atoms with Crippen LogP contribution in [0.15, 0.2) is 77.0 Å². The molecule has 0 spiro atoms. The standard InChI is InChI=1S/C25H19N3O6/c1-32-18-13-12-16-19(21(18)33-2)25(31)34-24(16)28-17-11-7-6-10-15(17)20(23(28)30)26-27-22(29)14-8-4-3-5-9-14/h3-13,24,30H,1-2H3/t24-/m1/s1. The monoisotopic (exact) mass is 457 g/mol. The van der Waals surface area contributed by atoms with Crippen molar-refractivity contribution in [2.45, 2.75) is 6.23 Å². The fraction of sp³-hybridized carbons (Fsp3) is 0.120. The van der Waals surface area contributed by atoms with Gasteiger partial charge in [0, 0.05) is 16.5 Å². The van der Waals surface area contributed by atoms with Gasteiger partial charge in [-0.3, -0.25) is 9.36 Å². The number of hydrogen-bond acceptors (Lipinski definition) is 7. The highest BCUT2D eigenvalue weighted by molar-refractivity contribution is 6.00. The van der Waals surface area contributed by atoms with Gasteiger partial charge < -0.3 is 19.3 Å². The molecule has 0 fully saturated rings. The van der Waals surface area contributed by atoms with Gasteiger partial charge in [0.2, 0.25) is 12.1 Å². The Hall–Kier alpha value is -4.66. The Morgan fingerprint density at radius 1 is 1.00 bits per heavy atom. The Morgan fingerprint density at radius 2 is 1.74 bits per heavy atom. The van der Waals surface area contributed by atoms with Gasteiger partial charge in [0.05, 0.1) is 19.7 Å². The fourth-order valence-corrected chi connectivity index (χ4v) is 4.08. The van der Waals surface area contributed by atoms with E-state index in [9.17, 15) is 14.7 Å². The molecule has 9 heteroatoms. The molecule has 0 saturated carbocycles. The number of aromatic hydroxyl groups is 1. The lowest BCUT2D eigenvalue weighted by molar-refractivity contribution is 0.0316. The number of para-hydroxylation sites is 1. The number of rotatable bonds is 5. The SMILES string of the molecule is COc1ccc2c(c1OC)C(=O)O[C@H]2n1c(O)c(N=NC(=O)c2ccccc2)c2ccccc21. The lowest BCUT2D eigenvalue weighted by Gasteiger charge is -2.16. The molecule has 1 aliphatic rings. The van der Waals surface area contributed by atoms with Crippen LogP contribution in [0, 0.1) is 0 Å². The normalized spacial score (nSPS) is 14.9. The topological polar surface area (TPSA) is 112 Å². The molecule has 5 rings (SSSR count). The summed E-state index contributed by atoms with van der Waals surface area (Å²) in [5.41, 5.74) is 1.70. The summed E-state index contributed by atoms with van der Waals surface area (Å²) in [7, 11) is 2.91. The quantitative estimate of drug-likeness (QED) is 0.333. The number of cyclic esters (lactones) is 1. The minimum absolute atomic E-state index is 0.0878. The molecule has 170 valence electrons. The molecule has 2 heterocycles. The van der Waals surface area contributed by atoms with E-state index in [1.54, 1.807) is 66.7 Å². The number of nitrogens with zero attached hydrogens (tertiary/aromatic N) is 3. The van der Waals surface area contributed by atoms with Crippen LogP contribution in [0.4, 0.5) is 5.69 Å². The predicted octanol–water partition coefficient (Wildman–Crippen LogP) is 5.01. The molecule has 0 saturated heterocycles. The van der Waals surface area contributed by atoms with Crippen molar-refractivity contribution in [3.63, 3.8) is 0 Å². The molecule has 0 radical (unpaired) electrons. The summed E-state index contributed by atoms with van der Waals surface area (Å²) in [6, 6.07) is 18.9. The molecule has 1 aromatic heterocycles. The third-order valence-electron chi connectivity index (χ3n) is 5.62. The first-order valence-electron chi connectivity index (χ1n) is 10.3. The van der Waals surface area contributed by atoms with Gasteiger partial charge in [-0.05, 0) is 30.3 Å². The number of carbonyl (C=O) groups excluding carboxylic acids is 2. The highest BCUT2D eigenvalue weighted by Crippen LogP contribution is 2.48. The maximum Gasteiger partial charge on any atom is 0.344 e. The maximum absolute atomic E-state index is 12.8. The van der Waals surface area contributed by atoms with Crippen molar-refractivity contribution < 1.29 is 28.9 Å². The van der Waals surface area contributed by atoms with Gasteiger partial charge in [-0.2, -0.15) is 0 Å². The van der Waals surface area contributed by atoms with Crippen LogP contribution in [0.5, 0.6) is 17.4 Å². The second kappa shape index (κ2) is 8.36. The average molecular weight is 457 g/mol. The number of aromatic nitrogens is 1. The molecule has 4 aromatic rings. The summed E-state index contributed by atoms with van der Waals surface area (Å²) < 4.78 is 17.8. The van der Waals surface area contributed by atoms with E-state index in [0.717, 1.165) is 0 Å². The van der Waals surface area contributed by atoms with E-state index in [1.165, 1.54) is 18.8 Å². The number of azo groups is 1. The first-order valence-corrected chi connectivity index (χ1v) is 10.3. The minimum Gasteiger partial charge on any atom is -0.493 e. The summed E-state index contributed by atoms with van der Waals surface area (Å²) in [4.78, 5) is 25.2. The summed E-state index contributed by atoms with van der Waals surface area (Å²) in [6.45, 7) is 0. The van der Waals surface area contributed by atoms with E-state index < -0.39 is 18.1 Å². The molecule has 1 atom stereocenters. The van der Waals surface area contributed by atoms with Crippen LogP contribution in [0.25, 0.3) is 10.9 Å². The van der Waals surface area contributed by atoms with E-state index >= 15 is 0 Å².